The third kappa shape index (κ3) is 4.34. The van der Waals surface area contributed by atoms with Gasteiger partial charge >= 0.3 is 6.03 Å². The molecule has 0 saturated carbocycles. The Morgan fingerprint density at radius 2 is 2.22 bits per heavy atom. The molecule has 23 heavy (non-hydrogen) atoms. The van der Waals surface area contributed by atoms with E-state index in [4.69, 9.17) is 4.74 Å². The Bertz CT molecular complexity index is 551. The van der Waals surface area contributed by atoms with Crippen LogP contribution in [0.1, 0.15) is 31.4 Å². The molecule has 1 N–H and O–H groups in total. The number of halogens is 1. The van der Waals surface area contributed by atoms with Crippen molar-refractivity contribution in [3.8, 4) is 5.75 Å². The zero-order chi connectivity index (χ0) is 17.0. The van der Waals surface area contributed by atoms with Crippen LogP contribution in [-0.2, 0) is 0 Å². The van der Waals surface area contributed by atoms with Crippen LogP contribution in [0.3, 0.4) is 0 Å². The number of amides is 2. The number of benzene rings is 1. The van der Waals surface area contributed by atoms with E-state index in [1.807, 2.05) is 25.9 Å². The number of likely N-dealkylation sites (N-methyl/N-ethyl adjacent to an activating group) is 1. The van der Waals surface area contributed by atoms with E-state index in [2.05, 4.69) is 10.2 Å². The normalized spacial score (nSPS) is 19.6. The molecule has 2 atom stereocenters. The average molecular weight is 323 g/mol. The first kappa shape index (κ1) is 17.5. The summed E-state index contributed by atoms with van der Waals surface area (Å²) in [6, 6.07) is 4.79. The van der Waals surface area contributed by atoms with Gasteiger partial charge in [-0.2, -0.15) is 0 Å². The fraction of sp³-hybridized carbons (Fsp3) is 0.588. The molecule has 0 aromatic heterocycles. The molecule has 0 spiro atoms. The Balaban J connectivity index is 1.97. The number of ether oxygens (including phenoxy) is 1. The molecule has 0 aliphatic carbocycles. The summed E-state index contributed by atoms with van der Waals surface area (Å²) in [5.41, 5.74) is 0.720. The molecule has 1 aromatic rings. The number of nitrogens with one attached hydrogen (secondary N) is 1. The molecule has 1 aromatic carbocycles. The lowest BCUT2D eigenvalue weighted by molar-refractivity contribution is 0.138. The number of carbonyl (C=O) groups excluding carboxylic acids is 1. The number of likely N-dealkylation sites (tertiary alicyclic amines) is 1. The van der Waals surface area contributed by atoms with E-state index < -0.39 is 5.82 Å². The number of rotatable bonds is 4. The van der Waals surface area contributed by atoms with Gasteiger partial charge in [0.2, 0.25) is 0 Å². The van der Waals surface area contributed by atoms with Crippen molar-refractivity contribution in [1.82, 2.24) is 15.1 Å². The van der Waals surface area contributed by atoms with Crippen molar-refractivity contribution >= 4 is 6.03 Å². The van der Waals surface area contributed by atoms with Crippen molar-refractivity contribution in [2.24, 2.45) is 0 Å². The fourth-order valence-electron chi connectivity index (χ4n) is 2.87. The van der Waals surface area contributed by atoms with E-state index in [-0.39, 0.29) is 17.8 Å². The zero-order valence-corrected chi connectivity index (χ0v) is 14.3. The topological polar surface area (TPSA) is 44.8 Å². The van der Waals surface area contributed by atoms with Crippen molar-refractivity contribution in [3.63, 3.8) is 0 Å². The molecule has 0 radical (unpaired) electrons. The van der Waals surface area contributed by atoms with Gasteiger partial charge < -0.3 is 19.9 Å². The molecule has 128 valence electrons. The fourth-order valence-corrected chi connectivity index (χ4v) is 2.87. The lowest BCUT2D eigenvalue weighted by atomic mass is 10.1. The summed E-state index contributed by atoms with van der Waals surface area (Å²) in [5, 5.41) is 2.95. The van der Waals surface area contributed by atoms with Crippen LogP contribution < -0.4 is 10.1 Å². The van der Waals surface area contributed by atoms with Gasteiger partial charge in [-0.25, -0.2) is 9.18 Å². The van der Waals surface area contributed by atoms with E-state index >= 15 is 0 Å². The molecule has 1 aliphatic heterocycles. The lowest BCUT2D eigenvalue weighted by Gasteiger charge is -2.36. The minimum atomic E-state index is -0.420. The maximum Gasteiger partial charge on any atom is 0.317 e. The molecule has 1 fully saturated rings. The number of carbonyl (C=O) groups is 1. The van der Waals surface area contributed by atoms with Crippen molar-refractivity contribution in [3.05, 3.63) is 29.6 Å². The first-order chi connectivity index (χ1) is 10.9. The Morgan fingerprint density at radius 1 is 1.48 bits per heavy atom. The van der Waals surface area contributed by atoms with E-state index in [9.17, 15) is 9.18 Å². The van der Waals surface area contributed by atoms with E-state index in [1.165, 1.54) is 13.2 Å². The summed E-state index contributed by atoms with van der Waals surface area (Å²) in [4.78, 5) is 16.4. The first-order valence-electron chi connectivity index (χ1n) is 7.97. The molecule has 5 nitrogen and oxygen atoms in total. The van der Waals surface area contributed by atoms with Crippen LogP contribution in [0.5, 0.6) is 5.75 Å². The highest BCUT2D eigenvalue weighted by Crippen LogP contribution is 2.22. The zero-order valence-electron chi connectivity index (χ0n) is 14.3. The van der Waals surface area contributed by atoms with Gasteiger partial charge in [-0.15, -0.1) is 0 Å². The van der Waals surface area contributed by atoms with E-state index in [1.54, 1.807) is 12.1 Å². The van der Waals surface area contributed by atoms with Crippen LogP contribution in [0, 0.1) is 5.82 Å². The number of hydrogen-bond acceptors (Lipinski definition) is 3. The van der Waals surface area contributed by atoms with Crippen LogP contribution >= 0.6 is 0 Å². The second kappa shape index (κ2) is 7.64. The molecule has 6 heteroatoms. The second-order valence-corrected chi connectivity index (χ2v) is 6.27. The standard InChI is InChI=1S/C17H26FN3O2/c1-12(13-7-8-16(23-4)15(18)10-13)19-17(22)21-9-5-6-14(11-21)20(2)3/h7-8,10,12,14H,5-6,9,11H2,1-4H3,(H,19,22)/t12-,14-/m0/s1. The third-order valence-electron chi connectivity index (χ3n) is 4.43. The van der Waals surface area contributed by atoms with Crippen LogP contribution in [0.25, 0.3) is 0 Å². The highest BCUT2D eigenvalue weighted by atomic mass is 19.1. The molecule has 2 amide bonds. The summed E-state index contributed by atoms with van der Waals surface area (Å²) in [6.45, 7) is 3.34. The van der Waals surface area contributed by atoms with Crippen LogP contribution in [0.4, 0.5) is 9.18 Å². The molecule has 2 rings (SSSR count). The van der Waals surface area contributed by atoms with E-state index in [0.717, 1.165) is 31.5 Å². The highest BCUT2D eigenvalue weighted by Gasteiger charge is 2.25. The monoisotopic (exact) mass is 323 g/mol. The molecule has 1 heterocycles. The molecule has 0 bridgehead atoms. The Morgan fingerprint density at radius 3 is 2.83 bits per heavy atom. The molecule has 1 saturated heterocycles. The van der Waals surface area contributed by atoms with Gasteiger partial charge in [0, 0.05) is 19.1 Å². The Labute approximate surface area is 137 Å². The smallest absolute Gasteiger partial charge is 0.317 e. The number of hydrogen-bond donors (Lipinski definition) is 1. The van der Waals surface area contributed by atoms with Gasteiger partial charge in [0.1, 0.15) is 0 Å². The SMILES string of the molecule is COc1ccc([C@H](C)NC(=O)N2CCC[C@H](N(C)C)C2)cc1F. The number of urea groups is 1. The molecular formula is C17H26FN3O2. The number of nitrogens with zero attached hydrogens (tertiary/aromatic N) is 2. The second-order valence-electron chi connectivity index (χ2n) is 6.27. The van der Waals surface area contributed by atoms with Crippen LogP contribution in [-0.4, -0.2) is 56.2 Å². The quantitative estimate of drug-likeness (QED) is 0.926. The van der Waals surface area contributed by atoms with Crippen molar-refractivity contribution in [2.45, 2.75) is 31.8 Å². The van der Waals surface area contributed by atoms with E-state index in [0.29, 0.717) is 6.04 Å². The molecular weight excluding hydrogens is 297 g/mol. The van der Waals surface area contributed by atoms with Crippen LogP contribution in [0.15, 0.2) is 18.2 Å². The highest BCUT2D eigenvalue weighted by molar-refractivity contribution is 5.74. The lowest BCUT2D eigenvalue weighted by Crippen LogP contribution is -2.51. The molecule has 1 aliphatic rings. The summed E-state index contributed by atoms with van der Waals surface area (Å²) in [7, 11) is 5.50. The maximum atomic E-state index is 13.8. The molecule has 0 unspecified atom stereocenters. The summed E-state index contributed by atoms with van der Waals surface area (Å²) >= 11 is 0. The van der Waals surface area contributed by atoms with Crippen molar-refractivity contribution in [1.29, 1.82) is 0 Å². The predicted molar refractivity (Wildman–Crippen MR) is 88.2 cm³/mol. The van der Waals surface area contributed by atoms with Crippen LogP contribution in [0.2, 0.25) is 0 Å². The number of piperidine rings is 1. The van der Waals surface area contributed by atoms with Gasteiger partial charge in [0.15, 0.2) is 11.6 Å². The summed E-state index contributed by atoms with van der Waals surface area (Å²) in [5.74, 6) is -0.214. The van der Waals surface area contributed by atoms with Gasteiger partial charge in [0.25, 0.3) is 0 Å². The third-order valence-corrected chi connectivity index (χ3v) is 4.43. The Hall–Kier alpha value is -1.82. The first-order valence-corrected chi connectivity index (χ1v) is 7.97. The summed E-state index contributed by atoms with van der Waals surface area (Å²) < 4.78 is 18.7. The predicted octanol–water partition coefficient (Wildman–Crippen LogP) is 2.63. The average Bonchev–Trinajstić information content (AvgIpc) is 2.54. The maximum absolute atomic E-state index is 13.8. The Kier molecular flexibility index (Phi) is 5.82. The number of methoxy groups -OCH3 is 1. The largest absolute Gasteiger partial charge is 0.494 e. The van der Waals surface area contributed by atoms with Gasteiger partial charge in [-0.3, -0.25) is 0 Å². The van der Waals surface area contributed by atoms with Crippen molar-refractivity contribution in [2.75, 3.05) is 34.3 Å². The van der Waals surface area contributed by atoms with Gasteiger partial charge in [0.05, 0.1) is 13.2 Å². The minimum Gasteiger partial charge on any atom is -0.494 e. The summed E-state index contributed by atoms with van der Waals surface area (Å²) in [6.07, 6.45) is 2.11. The minimum absolute atomic E-state index is 0.0970. The van der Waals surface area contributed by atoms with Gasteiger partial charge in [-0.1, -0.05) is 6.07 Å². The van der Waals surface area contributed by atoms with Gasteiger partial charge in [-0.05, 0) is 51.6 Å². The van der Waals surface area contributed by atoms with Crippen molar-refractivity contribution < 1.29 is 13.9 Å².